The fraction of sp³-hybridized carbons (Fsp3) is 0.167. The highest BCUT2D eigenvalue weighted by molar-refractivity contribution is 5.99. The van der Waals surface area contributed by atoms with E-state index in [2.05, 4.69) is 16.0 Å². The minimum atomic E-state index is -0.366. The third-order valence-corrected chi connectivity index (χ3v) is 3.42. The standard InChI is InChI=1S/C18H19N3O4/c1-19-17(23)12-3-7-14(8-4-12)21-16(22)11-20-18(24)13-5-9-15(25-2)10-6-13/h3-10H,11H2,1-2H3,(H,19,23)(H,20,24)(H,21,22). The average Bonchev–Trinajstić information content (AvgIpc) is 2.66. The second kappa shape index (κ2) is 8.49. The summed E-state index contributed by atoms with van der Waals surface area (Å²) >= 11 is 0. The van der Waals surface area contributed by atoms with Gasteiger partial charge in [0.05, 0.1) is 13.7 Å². The van der Waals surface area contributed by atoms with E-state index >= 15 is 0 Å². The molecule has 130 valence electrons. The van der Waals surface area contributed by atoms with E-state index in [0.717, 1.165) is 0 Å². The molecule has 0 fully saturated rings. The maximum Gasteiger partial charge on any atom is 0.251 e. The van der Waals surface area contributed by atoms with Crippen LogP contribution in [0.15, 0.2) is 48.5 Å². The van der Waals surface area contributed by atoms with Gasteiger partial charge in [-0.15, -0.1) is 0 Å². The first-order valence-electron chi connectivity index (χ1n) is 7.57. The summed E-state index contributed by atoms with van der Waals surface area (Å²) in [5.74, 6) is -0.276. The molecule has 2 aromatic carbocycles. The SMILES string of the molecule is CNC(=O)c1ccc(NC(=O)CNC(=O)c2ccc(OC)cc2)cc1. The molecule has 0 radical (unpaired) electrons. The van der Waals surface area contributed by atoms with Gasteiger partial charge in [-0.05, 0) is 48.5 Å². The van der Waals surface area contributed by atoms with Crippen LogP contribution in [-0.4, -0.2) is 38.4 Å². The van der Waals surface area contributed by atoms with Crippen LogP contribution in [0.1, 0.15) is 20.7 Å². The highest BCUT2D eigenvalue weighted by Crippen LogP contribution is 2.11. The van der Waals surface area contributed by atoms with Gasteiger partial charge in [0.25, 0.3) is 11.8 Å². The number of hydrogen-bond donors (Lipinski definition) is 3. The Balaban J connectivity index is 1.85. The molecule has 0 aliphatic heterocycles. The van der Waals surface area contributed by atoms with Crippen molar-refractivity contribution in [1.82, 2.24) is 10.6 Å². The van der Waals surface area contributed by atoms with Gasteiger partial charge in [-0.3, -0.25) is 14.4 Å². The molecule has 2 rings (SSSR count). The second-order valence-corrected chi connectivity index (χ2v) is 5.12. The van der Waals surface area contributed by atoms with Gasteiger partial charge in [0.15, 0.2) is 0 Å². The molecule has 0 unspecified atom stereocenters. The number of nitrogens with one attached hydrogen (secondary N) is 3. The monoisotopic (exact) mass is 341 g/mol. The van der Waals surface area contributed by atoms with Crippen LogP contribution in [0.2, 0.25) is 0 Å². The number of anilines is 1. The minimum absolute atomic E-state index is 0.165. The molecule has 0 saturated carbocycles. The Morgan fingerprint density at radius 1 is 0.880 bits per heavy atom. The van der Waals surface area contributed by atoms with E-state index in [1.807, 2.05) is 0 Å². The van der Waals surface area contributed by atoms with Gasteiger partial charge in [0, 0.05) is 23.9 Å². The van der Waals surface area contributed by atoms with Crippen molar-refractivity contribution in [1.29, 1.82) is 0 Å². The van der Waals surface area contributed by atoms with Crippen LogP contribution in [0, 0.1) is 0 Å². The predicted molar refractivity (Wildman–Crippen MR) is 93.8 cm³/mol. The Kier molecular flexibility index (Phi) is 6.11. The molecule has 0 heterocycles. The van der Waals surface area contributed by atoms with E-state index in [0.29, 0.717) is 22.6 Å². The average molecular weight is 341 g/mol. The van der Waals surface area contributed by atoms with Crippen molar-refractivity contribution in [3.63, 3.8) is 0 Å². The molecule has 7 nitrogen and oxygen atoms in total. The van der Waals surface area contributed by atoms with E-state index in [-0.39, 0.29) is 24.3 Å². The zero-order valence-electron chi connectivity index (χ0n) is 14.0. The van der Waals surface area contributed by atoms with E-state index in [4.69, 9.17) is 4.74 Å². The number of carbonyl (C=O) groups excluding carboxylic acids is 3. The van der Waals surface area contributed by atoms with E-state index in [1.54, 1.807) is 62.7 Å². The molecule has 0 saturated heterocycles. The fourth-order valence-electron chi connectivity index (χ4n) is 2.06. The lowest BCUT2D eigenvalue weighted by Gasteiger charge is -2.08. The van der Waals surface area contributed by atoms with E-state index < -0.39 is 0 Å². The second-order valence-electron chi connectivity index (χ2n) is 5.12. The van der Waals surface area contributed by atoms with Crippen LogP contribution >= 0.6 is 0 Å². The molecular formula is C18H19N3O4. The van der Waals surface area contributed by atoms with Crippen LogP contribution in [0.25, 0.3) is 0 Å². The number of rotatable bonds is 6. The highest BCUT2D eigenvalue weighted by Gasteiger charge is 2.09. The maximum absolute atomic E-state index is 12.0. The van der Waals surface area contributed by atoms with Crippen molar-refractivity contribution in [3.05, 3.63) is 59.7 Å². The molecule has 7 heteroatoms. The van der Waals surface area contributed by atoms with Crippen molar-refractivity contribution in [2.75, 3.05) is 26.0 Å². The predicted octanol–water partition coefficient (Wildman–Crippen LogP) is 1.42. The van der Waals surface area contributed by atoms with Gasteiger partial charge in [-0.2, -0.15) is 0 Å². The molecular weight excluding hydrogens is 322 g/mol. The molecule has 0 aromatic heterocycles. The summed E-state index contributed by atoms with van der Waals surface area (Å²) in [5.41, 5.74) is 1.47. The van der Waals surface area contributed by atoms with Gasteiger partial charge in [0.1, 0.15) is 5.75 Å². The lowest BCUT2D eigenvalue weighted by Crippen LogP contribution is -2.32. The quantitative estimate of drug-likeness (QED) is 0.740. The van der Waals surface area contributed by atoms with Crippen molar-refractivity contribution in [2.45, 2.75) is 0 Å². The largest absolute Gasteiger partial charge is 0.497 e. The van der Waals surface area contributed by atoms with Gasteiger partial charge in [-0.1, -0.05) is 0 Å². The molecule has 0 aliphatic rings. The van der Waals surface area contributed by atoms with Crippen molar-refractivity contribution in [2.24, 2.45) is 0 Å². The Morgan fingerprint density at radius 2 is 1.44 bits per heavy atom. The lowest BCUT2D eigenvalue weighted by molar-refractivity contribution is -0.115. The summed E-state index contributed by atoms with van der Waals surface area (Å²) in [7, 11) is 3.09. The highest BCUT2D eigenvalue weighted by atomic mass is 16.5. The molecule has 0 spiro atoms. The topological polar surface area (TPSA) is 96.5 Å². The number of benzene rings is 2. The zero-order chi connectivity index (χ0) is 18.2. The molecule has 0 bridgehead atoms. The first kappa shape index (κ1) is 18.0. The Labute approximate surface area is 145 Å². The molecule has 2 aromatic rings. The molecule has 25 heavy (non-hydrogen) atoms. The molecule has 3 N–H and O–H groups in total. The summed E-state index contributed by atoms with van der Waals surface area (Å²) in [6.45, 7) is -0.165. The van der Waals surface area contributed by atoms with Gasteiger partial charge in [-0.25, -0.2) is 0 Å². The third kappa shape index (κ3) is 5.07. The number of ether oxygens (including phenoxy) is 1. The third-order valence-electron chi connectivity index (χ3n) is 3.42. The molecule has 0 aliphatic carbocycles. The van der Waals surface area contributed by atoms with Crippen LogP contribution < -0.4 is 20.7 Å². The Hall–Kier alpha value is -3.35. The number of hydrogen-bond acceptors (Lipinski definition) is 4. The lowest BCUT2D eigenvalue weighted by atomic mass is 10.2. The van der Waals surface area contributed by atoms with Crippen LogP contribution in [0.5, 0.6) is 5.75 Å². The number of carbonyl (C=O) groups is 3. The van der Waals surface area contributed by atoms with Gasteiger partial charge < -0.3 is 20.7 Å². The zero-order valence-corrected chi connectivity index (χ0v) is 14.0. The molecule has 0 atom stereocenters. The summed E-state index contributed by atoms with van der Waals surface area (Å²) in [6, 6.07) is 13.0. The normalized spacial score (nSPS) is 9.84. The smallest absolute Gasteiger partial charge is 0.251 e. The van der Waals surface area contributed by atoms with E-state index in [9.17, 15) is 14.4 Å². The Bertz CT molecular complexity index is 755. The van der Waals surface area contributed by atoms with Crippen LogP contribution in [0.4, 0.5) is 5.69 Å². The van der Waals surface area contributed by atoms with Gasteiger partial charge >= 0.3 is 0 Å². The van der Waals surface area contributed by atoms with Crippen molar-refractivity contribution < 1.29 is 19.1 Å². The van der Waals surface area contributed by atoms with Gasteiger partial charge in [0.2, 0.25) is 5.91 Å². The summed E-state index contributed by atoms with van der Waals surface area (Å²) in [5, 5.41) is 7.70. The number of methoxy groups -OCH3 is 1. The Morgan fingerprint density at radius 3 is 2.00 bits per heavy atom. The summed E-state index contributed by atoms with van der Waals surface area (Å²) in [4.78, 5) is 35.3. The first-order valence-corrected chi connectivity index (χ1v) is 7.57. The van der Waals surface area contributed by atoms with Crippen LogP contribution in [-0.2, 0) is 4.79 Å². The number of amides is 3. The fourth-order valence-corrected chi connectivity index (χ4v) is 2.06. The molecule has 3 amide bonds. The maximum atomic E-state index is 12.0. The van der Waals surface area contributed by atoms with Crippen molar-refractivity contribution in [3.8, 4) is 5.75 Å². The summed E-state index contributed by atoms with van der Waals surface area (Å²) < 4.78 is 5.02. The van der Waals surface area contributed by atoms with E-state index in [1.165, 1.54) is 0 Å². The first-order chi connectivity index (χ1) is 12.0. The van der Waals surface area contributed by atoms with Crippen LogP contribution in [0.3, 0.4) is 0 Å². The van der Waals surface area contributed by atoms with Crippen molar-refractivity contribution >= 4 is 23.4 Å². The summed E-state index contributed by atoms with van der Waals surface area (Å²) in [6.07, 6.45) is 0. The minimum Gasteiger partial charge on any atom is -0.497 e.